The van der Waals surface area contributed by atoms with Gasteiger partial charge in [-0.3, -0.25) is 0 Å². The van der Waals surface area contributed by atoms with Crippen LogP contribution in [0.1, 0.15) is 24.1 Å². The monoisotopic (exact) mass is 308 g/mol. The summed E-state index contributed by atoms with van der Waals surface area (Å²) in [5.41, 5.74) is 2.38. The molecule has 0 aliphatic heterocycles. The number of hydrogen-bond donors (Lipinski definition) is 2. The molecule has 0 aliphatic carbocycles. The number of hydrogen-bond acceptors (Lipinski definition) is 3. The largest absolute Gasteiger partial charge is 0.376 e. The number of primary sulfonamides is 1. The van der Waals surface area contributed by atoms with E-state index in [0.717, 1.165) is 17.2 Å². The van der Waals surface area contributed by atoms with Crippen LogP contribution in [0.15, 0.2) is 47.4 Å². The molecule has 2 aromatic carbocycles. The summed E-state index contributed by atoms with van der Waals surface area (Å²) >= 11 is 0. The van der Waals surface area contributed by atoms with E-state index in [9.17, 15) is 12.8 Å². The van der Waals surface area contributed by atoms with Crippen molar-refractivity contribution in [2.24, 2.45) is 5.14 Å². The Morgan fingerprint density at radius 1 is 1.19 bits per heavy atom. The Bertz CT molecular complexity index is 760. The van der Waals surface area contributed by atoms with Gasteiger partial charge in [0.1, 0.15) is 5.82 Å². The van der Waals surface area contributed by atoms with E-state index in [-0.39, 0.29) is 16.6 Å². The second-order valence-corrected chi connectivity index (χ2v) is 6.47. The molecule has 0 aromatic heterocycles. The predicted octanol–water partition coefficient (Wildman–Crippen LogP) is 2.95. The number of rotatable bonds is 4. The molecular formula is C15H17FN2O2S. The molecule has 2 aromatic rings. The minimum atomic E-state index is -3.90. The molecule has 3 N–H and O–H groups in total. The molecule has 1 atom stereocenters. The fourth-order valence-electron chi connectivity index (χ4n) is 2.17. The van der Waals surface area contributed by atoms with Crippen LogP contribution in [0.5, 0.6) is 0 Å². The van der Waals surface area contributed by atoms with Crippen molar-refractivity contribution >= 4 is 15.7 Å². The number of nitrogens with two attached hydrogens (primary N) is 1. The minimum absolute atomic E-state index is 0.110. The second-order valence-electron chi connectivity index (χ2n) is 4.91. The molecule has 0 aliphatic rings. The van der Waals surface area contributed by atoms with Crippen molar-refractivity contribution in [1.29, 1.82) is 0 Å². The maximum absolute atomic E-state index is 14.0. The van der Waals surface area contributed by atoms with E-state index in [1.54, 1.807) is 0 Å². The predicted molar refractivity (Wildman–Crippen MR) is 81.0 cm³/mol. The van der Waals surface area contributed by atoms with Gasteiger partial charge in [0.25, 0.3) is 0 Å². The zero-order valence-electron chi connectivity index (χ0n) is 11.8. The van der Waals surface area contributed by atoms with Crippen LogP contribution in [0.2, 0.25) is 0 Å². The number of benzene rings is 2. The topological polar surface area (TPSA) is 72.2 Å². The lowest BCUT2D eigenvalue weighted by Gasteiger charge is -2.18. The highest BCUT2D eigenvalue weighted by atomic mass is 32.2. The number of aryl methyl sites for hydroxylation is 1. The Morgan fingerprint density at radius 2 is 1.86 bits per heavy atom. The van der Waals surface area contributed by atoms with Gasteiger partial charge in [-0.25, -0.2) is 17.9 Å². The van der Waals surface area contributed by atoms with Gasteiger partial charge in [-0.1, -0.05) is 24.3 Å². The van der Waals surface area contributed by atoms with E-state index in [1.807, 2.05) is 38.1 Å². The fourth-order valence-corrected chi connectivity index (χ4v) is 2.70. The third kappa shape index (κ3) is 3.59. The van der Waals surface area contributed by atoms with Gasteiger partial charge in [0.05, 0.1) is 10.6 Å². The van der Waals surface area contributed by atoms with Crippen molar-refractivity contribution in [3.63, 3.8) is 0 Å². The van der Waals surface area contributed by atoms with Crippen molar-refractivity contribution in [3.05, 3.63) is 59.4 Å². The molecule has 112 valence electrons. The molecule has 0 bridgehead atoms. The SMILES string of the molecule is Cc1ccccc1C(C)Nc1ccc(S(N)(=O)=O)cc1F. The Morgan fingerprint density at radius 3 is 2.43 bits per heavy atom. The van der Waals surface area contributed by atoms with E-state index in [1.165, 1.54) is 12.1 Å². The lowest BCUT2D eigenvalue weighted by Crippen LogP contribution is -2.13. The number of anilines is 1. The summed E-state index contributed by atoms with van der Waals surface area (Å²) in [4.78, 5) is -0.242. The average molecular weight is 308 g/mol. The van der Waals surface area contributed by atoms with Crippen LogP contribution in [0, 0.1) is 12.7 Å². The van der Waals surface area contributed by atoms with Gasteiger partial charge in [-0.05, 0) is 43.2 Å². The van der Waals surface area contributed by atoms with Crippen molar-refractivity contribution in [2.75, 3.05) is 5.32 Å². The summed E-state index contributed by atoms with van der Waals surface area (Å²) in [6, 6.07) is 11.3. The van der Waals surface area contributed by atoms with E-state index < -0.39 is 15.8 Å². The van der Waals surface area contributed by atoms with E-state index >= 15 is 0 Å². The molecule has 0 amide bonds. The highest BCUT2D eigenvalue weighted by Crippen LogP contribution is 2.25. The zero-order valence-corrected chi connectivity index (χ0v) is 12.6. The summed E-state index contributed by atoms with van der Waals surface area (Å²) < 4.78 is 36.3. The van der Waals surface area contributed by atoms with Crippen molar-refractivity contribution in [2.45, 2.75) is 24.8 Å². The zero-order chi connectivity index (χ0) is 15.6. The number of halogens is 1. The van der Waals surface area contributed by atoms with Crippen LogP contribution in [0.4, 0.5) is 10.1 Å². The third-order valence-corrected chi connectivity index (χ3v) is 4.21. The smallest absolute Gasteiger partial charge is 0.238 e. The first-order valence-electron chi connectivity index (χ1n) is 6.43. The average Bonchev–Trinajstić information content (AvgIpc) is 2.40. The molecule has 1 unspecified atom stereocenters. The van der Waals surface area contributed by atoms with E-state index in [2.05, 4.69) is 5.32 Å². The Balaban J connectivity index is 2.27. The Hall–Kier alpha value is -1.92. The van der Waals surface area contributed by atoms with E-state index in [0.29, 0.717) is 0 Å². The Kier molecular flexibility index (Phi) is 4.29. The van der Waals surface area contributed by atoms with Crippen LogP contribution in [-0.4, -0.2) is 8.42 Å². The van der Waals surface area contributed by atoms with Crippen molar-refractivity contribution in [3.8, 4) is 0 Å². The second kappa shape index (κ2) is 5.83. The third-order valence-electron chi connectivity index (χ3n) is 3.30. The molecule has 0 saturated carbocycles. The maximum atomic E-state index is 14.0. The van der Waals surface area contributed by atoms with Crippen LogP contribution >= 0.6 is 0 Å². The molecule has 2 rings (SSSR count). The van der Waals surface area contributed by atoms with Gasteiger partial charge in [-0.2, -0.15) is 0 Å². The standard InChI is InChI=1S/C15H17FN2O2S/c1-10-5-3-4-6-13(10)11(2)18-15-8-7-12(9-14(15)16)21(17,19)20/h3-9,11,18H,1-2H3,(H2,17,19,20). The van der Waals surface area contributed by atoms with Crippen LogP contribution < -0.4 is 10.5 Å². The van der Waals surface area contributed by atoms with Gasteiger partial charge in [0.2, 0.25) is 10.0 Å². The summed E-state index contributed by atoms with van der Waals surface area (Å²) in [6.07, 6.45) is 0. The van der Waals surface area contributed by atoms with Gasteiger partial charge in [0, 0.05) is 6.04 Å². The molecule has 0 spiro atoms. The van der Waals surface area contributed by atoms with Crippen LogP contribution in [0.25, 0.3) is 0 Å². The van der Waals surface area contributed by atoms with Crippen molar-refractivity contribution < 1.29 is 12.8 Å². The van der Waals surface area contributed by atoms with Gasteiger partial charge in [0.15, 0.2) is 0 Å². The molecule has 0 radical (unpaired) electrons. The number of nitrogens with one attached hydrogen (secondary N) is 1. The Labute approximate surface area is 123 Å². The lowest BCUT2D eigenvalue weighted by molar-refractivity contribution is 0.592. The summed E-state index contributed by atoms with van der Waals surface area (Å²) in [7, 11) is -3.90. The van der Waals surface area contributed by atoms with E-state index in [4.69, 9.17) is 5.14 Å². The highest BCUT2D eigenvalue weighted by molar-refractivity contribution is 7.89. The lowest BCUT2D eigenvalue weighted by atomic mass is 10.0. The highest BCUT2D eigenvalue weighted by Gasteiger charge is 2.14. The molecule has 0 heterocycles. The number of sulfonamides is 1. The summed E-state index contributed by atoms with van der Waals surface area (Å²) in [5.74, 6) is -0.651. The van der Waals surface area contributed by atoms with Gasteiger partial charge >= 0.3 is 0 Å². The normalized spacial score (nSPS) is 13.0. The summed E-state index contributed by atoms with van der Waals surface area (Å²) in [5, 5.41) is 8.01. The fraction of sp³-hybridized carbons (Fsp3) is 0.200. The minimum Gasteiger partial charge on any atom is -0.376 e. The molecule has 0 fully saturated rings. The molecule has 0 saturated heterocycles. The quantitative estimate of drug-likeness (QED) is 0.912. The van der Waals surface area contributed by atoms with Crippen molar-refractivity contribution in [1.82, 2.24) is 0 Å². The molecule has 6 heteroatoms. The van der Waals surface area contributed by atoms with Gasteiger partial charge < -0.3 is 5.32 Å². The van der Waals surface area contributed by atoms with Crippen LogP contribution in [0.3, 0.4) is 0 Å². The first-order valence-corrected chi connectivity index (χ1v) is 7.98. The first kappa shape index (κ1) is 15.5. The maximum Gasteiger partial charge on any atom is 0.238 e. The molecular weight excluding hydrogens is 291 g/mol. The summed E-state index contributed by atoms with van der Waals surface area (Å²) in [6.45, 7) is 3.89. The van der Waals surface area contributed by atoms with Gasteiger partial charge in [-0.15, -0.1) is 0 Å². The van der Waals surface area contributed by atoms with Crippen LogP contribution in [-0.2, 0) is 10.0 Å². The first-order chi connectivity index (χ1) is 9.79. The molecule has 4 nitrogen and oxygen atoms in total. The molecule has 21 heavy (non-hydrogen) atoms.